The van der Waals surface area contributed by atoms with Crippen molar-refractivity contribution in [3.05, 3.63) is 0 Å². The third kappa shape index (κ3) is 38.5. The van der Waals surface area contributed by atoms with Gasteiger partial charge in [0.05, 0.1) is 20.3 Å². The van der Waals surface area contributed by atoms with Gasteiger partial charge in [0.15, 0.2) is 0 Å². The van der Waals surface area contributed by atoms with Crippen LogP contribution in [0.15, 0.2) is 0 Å². The lowest BCUT2D eigenvalue weighted by molar-refractivity contribution is -0.144. The van der Waals surface area contributed by atoms with Crippen LogP contribution in [0.5, 0.6) is 0 Å². The lowest BCUT2D eigenvalue weighted by Gasteiger charge is -2.29. The minimum Gasteiger partial charge on any atom is -0.469 e. The second-order valence-electron chi connectivity index (χ2n) is 20.3. The van der Waals surface area contributed by atoms with Gasteiger partial charge in [-0.05, 0) is 134 Å². The summed E-state index contributed by atoms with van der Waals surface area (Å²) in [4.78, 5) is 89.4. The van der Waals surface area contributed by atoms with Gasteiger partial charge in [-0.1, -0.05) is 20.8 Å². The predicted octanol–water partition coefficient (Wildman–Crippen LogP) is 5.49. The van der Waals surface area contributed by atoms with Crippen molar-refractivity contribution in [2.24, 2.45) is 17.8 Å². The average molecular weight is 950 g/mol. The fraction of sp³-hybridized carbons (Fsp3) is 0.822. The predicted molar refractivity (Wildman–Crippen MR) is 250 cm³/mol. The van der Waals surface area contributed by atoms with E-state index in [1.54, 1.807) is 48.5 Å². The van der Waals surface area contributed by atoms with E-state index in [0.29, 0.717) is 18.1 Å². The molecule has 0 aromatic rings. The molecule has 0 spiro atoms. The number of amides is 4. The van der Waals surface area contributed by atoms with E-state index in [0.717, 1.165) is 45.3 Å². The van der Waals surface area contributed by atoms with E-state index >= 15 is 0 Å². The molecule has 0 aromatic heterocycles. The van der Waals surface area contributed by atoms with Crippen molar-refractivity contribution in [3.8, 4) is 0 Å². The number of carbonyl (C=O) groups is 8. The summed E-state index contributed by atoms with van der Waals surface area (Å²) >= 11 is 0. The molecule has 0 unspecified atom stereocenters. The van der Waals surface area contributed by atoms with Crippen molar-refractivity contribution in [2.75, 3.05) is 40.4 Å². The van der Waals surface area contributed by atoms with E-state index in [1.165, 1.54) is 14.2 Å². The number of hydrogen-bond acceptors (Lipinski definition) is 17. The van der Waals surface area contributed by atoms with Gasteiger partial charge < -0.3 is 76.1 Å². The molecule has 0 aliphatic carbocycles. The first-order valence-electron chi connectivity index (χ1n) is 22.2. The number of piperidine rings is 2. The molecule has 2 saturated heterocycles. The lowest BCUT2D eigenvalue weighted by atomic mass is 9.98. The van der Waals surface area contributed by atoms with Gasteiger partial charge in [0.25, 0.3) is 0 Å². The van der Waals surface area contributed by atoms with Gasteiger partial charge >= 0.3 is 36.3 Å². The third-order valence-corrected chi connectivity index (χ3v) is 8.35. The summed E-state index contributed by atoms with van der Waals surface area (Å²) < 4.78 is 29.4. The zero-order chi connectivity index (χ0) is 50.8. The van der Waals surface area contributed by atoms with Gasteiger partial charge in [-0.2, -0.15) is 0 Å². The Morgan fingerprint density at radius 1 is 0.591 bits per heavy atom. The first kappa shape index (κ1) is 65.5. The highest BCUT2D eigenvalue weighted by Gasteiger charge is 2.27. The van der Waals surface area contributed by atoms with E-state index < -0.39 is 58.6 Å². The van der Waals surface area contributed by atoms with Crippen LogP contribution in [0.1, 0.15) is 136 Å². The first-order valence-corrected chi connectivity index (χ1v) is 22.2. The van der Waals surface area contributed by atoms with Gasteiger partial charge in [0.1, 0.15) is 41.0 Å². The fourth-order valence-corrected chi connectivity index (χ4v) is 5.75. The second-order valence-corrected chi connectivity index (χ2v) is 20.3. The van der Waals surface area contributed by atoms with Crippen molar-refractivity contribution in [3.63, 3.8) is 0 Å². The van der Waals surface area contributed by atoms with Crippen LogP contribution in [0.25, 0.3) is 0 Å². The summed E-state index contributed by atoms with van der Waals surface area (Å²) in [6.45, 7) is 31.3. The molecule has 0 saturated carbocycles. The highest BCUT2D eigenvalue weighted by atomic mass is 16.6. The van der Waals surface area contributed by atoms with Gasteiger partial charge in [-0.3, -0.25) is 4.79 Å². The van der Waals surface area contributed by atoms with Crippen molar-refractivity contribution < 1.29 is 66.8 Å². The smallest absolute Gasteiger partial charge is 0.408 e. The number of esters is 2. The molecule has 21 heteroatoms. The summed E-state index contributed by atoms with van der Waals surface area (Å²) in [5.41, 5.74) is -2.11. The first-order chi connectivity index (χ1) is 29.7. The van der Waals surface area contributed by atoms with Crippen LogP contribution in [-0.4, -0.2) is 136 Å². The Balaban J connectivity index is -0.000000801. The quantitative estimate of drug-likeness (QED) is 0.0723. The molecule has 2 rings (SSSR count). The minimum absolute atomic E-state index is 0. The molecule has 0 radical (unpaired) electrons. The molecule has 2 heterocycles. The molecule has 9 N–H and O–H groups in total. The Morgan fingerprint density at radius 2 is 0.970 bits per heavy atom. The second kappa shape index (κ2) is 32.0. The topological polar surface area (TPSA) is 299 Å². The van der Waals surface area contributed by atoms with Crippen LogP contribution in [0.2, 0.25) is 0 Å². The SMILES string of the molecule is COC(=O)CC[C@H](NC(=O)OC(C)(C)C)C(=O)OC.C[C@@H]1CNC[C@@H](NC(=O)OC(C)(C)C)C1.C[C@@H]1CNC[C@@H](NC(=O)OC(C)(C)C)C1.C[C@H](C=O)C[C@@H](C=O)NC(=O)OC(C)(C)C.N. The molecular weight excluding hydrogens is 863 g/mol. The molecule has 2 fully saturated rings. The number of aldehydes is 2. The normalized spacial score (nSPS) is 19.5. The Hall–Kier alpha value is -4.76. The molecule has 386 valence electrons. The number of rotatable bonds is 12. The Kier molecular flexibility index (Phi) is 31.8. The number of nitrogens with one attached hydrogen (secondary N) is 6. The molecule has 21 nitrogen and oxygen atoms in total. The van der Waals surface area contributed by atoms with Gasteiger partial charge in [-0.15, -0.1) is 0 Å². The molecule has 66 heavy (non-hydrogen) atoms. The summed E-state index contributed by atoms with van der Waals surface area (Å²) in [7, 11) is 2.45. The molecule has 2 aliphatic heterocycles. The molecule has 7 atom stereocenters. The van der Waals surface area contributed by atoms with E-state index in [9.17, 15) is 38.4 Å². The maximum Gasteiger partial charge on any atom is 0.408 e. The van der Waals surface area contributed by atoms with Crippen molar-refractivity contribution in [1.82, 2.24) is 38.1 Å². The summed E-state index contributed by atoms with van der Waals surface area (Å²) in [6, 6.07) is -1.24. The van der Waals surface area contributed by atoms with Gasteiger partial charge in [0.2, 0.25) is 0 Å². The van der Waals surface area contributed by atoms with Crippen LogP contribution in [-0.2, 0) is 47.6 Å². The van der Waals surface area contributed by atoms with Crippen LogP contribution in [0.4, 0.5) is 19.2 Å². The number of ether oxygens (including phenoxy) is 6. The van der Waals surface area contributed by atoms with E-state index in [2.05, 4.69) is 55.2 Å². The molecule has 4 amide bonds. The molecule has 0 bridgehead atoms. The standard InChI is InChI=1S/C12H21NO6.2C11H22N2O2.C11H19NO4.H3N/c1-12(2,3)19-11(16)13-8(10(15)18-5)6-7-9(14)17-4;2*1-8-5-9(7-12-6-8)13-10(14)15-11(2,3)4;1-8(6-13)5-9(7-14)12-10(15)16-11(2,3)4;/h8H,6-7H2,1-5H3,(H,13,16);2*8-9,12H,5-7H2,1-4H3,(H,13,14);6-9H,5H2,1-4H3,(H,12,15);1H3/t8-;3*8-,9-;/m0000./s1. The minimum atomic E-state index is -0.945. The van der Waals surface area contributed by atoms with Crippen molar-refractivity contribution >= 4 is 48.9 Å². The van der Waals surface area contributed by atoms with Crippen LogP contribution in [0, 0.1) is 17.8 Å². The van der Waals surface area contributed by atoms with Gasteiger partial charge in [0, 0.05) is 37.5 Å². The fourth-order valence-electron chi connectivity index (χ4n) is 5.75. The summed E-state index contributed by atoms with van der Waals surface area (Å²) in [5.74, 6) is -0.169. The number of hydrogen-bond donors (Lipinski definition) is 7. The zero-order valence-corrected chi connectivity index (χ0v) is 43.0. The monoisotopic (exact) mass is 950 g/mol. The Labute approximate surface area is 393 Å². The van der Waals surface area contributed by atoms with Crippen molar-refractivity contribution in [2.45, 2.75) is 183 Å². The van der Waals surface area contributed by atoms with Crippen molar-refractivity contribution in [1.29, 1.82) is 0 Å². The maximum absolute atomic E-state index is 11.5. The van der Waals surface area contributed by atoms with E-state index in [1.807, 2.05) is 41.5 Å². The largest absolute Gasteiger partial charge is 0.469 e. The number of methoxy groups -OCH3 is 2. The summed E-state index contributed by atoms with van der Waals surface area (Å²) in [6.07, 6.45) is 1.72. The van der Waals surface area contributed by atoms with Crippen LogP contribution < -0.4 is 38.1 Å². The summed E-state index contributed by atoms with van der Waals surface area (Å²) in [5, 5.41) is 17.1. The highest BCUT2D eigenvalue weighted by Crippen LogP contribution is 2.14. The van der Waals surface area contributed by atoms with Crippen LogP contribution in [0.3, 0.4) is 0 Å². The van der Waals surface area contributed by atoms with Gasteiger partial charge in [-0.25, -0.2) is 24.0 Å². The maximum atomic E-state index is 11.5. The Bertz CT molecular complexity index is 1420. The van der Waals surface area contributed by atoms with Crippen LogP contribution >= 0.6 is 0 Å². The van der Waals surface area contributed by atoms with E-state index in [-0.39, 0.29) is 55.6 Å². The zero-order valence-electron chi connectivity index (χ0n) is 43.0. The lowest BCUT2D eigenvalue weighted by Crippen LogP contribution is -2.49. The third-order valence-electron chi connectivity index (χ3n) is 8.35. The molecule has 2 aliphatic rings. The number of carbonyl (C=O) groups excluding carboxylic acids is 8. The number of alkyl carbamates (subject to hydrolysis) is 4. The van der Waals surface area contributed by atoms with E-state index in [4.69, 9.17) is 18.9 Å². The highest BCUT2D eigenvalue weighted by molar-refractivity contribution is 5.82. The molecular formula is C45H87N7O14. The average Bonchev–Trinajstić information content (AvgIpc) is 3.13. The Morgan fingerprint density at radius 3 is 1.29 bits per heavy atom. The molecule has 0 aromatic carbocycles.